The molecule has 0 bridgehead atoms. The smallest absolute Gasteiger partial charge is 0.210 e. The van der Waals surface area contributed by atoms with E-state index < -0.39 is 0 Å². The molecule has 4 nitrogen and oxygen atoms in total. The number of piperidine rings is 1. The number of hydrogen-bond donors (Lipinski definition) is 0. The van der Waals surface area contributed by atoms with Crippen molar-refractivity contribution in [1.82, 2.24) is 4.90 Å². The SMILES string of the molecule is C=C/N=C(\C=C/C)C(=O)[C@@H]1C[C@H]2C[C@H]2N1C=O. The molecule has 2 aliphatic rings. The van der Waals surface area contributed by atoms with E-state index in [1.807, 2.05) is 6.92 Å². The maximum atomic E-state index is 12.2. The first-order valence-corrected chi connectivity index (χ1v) is 5.81. The van der Waals surface area contributed by atoms with Crippen molar-refractivity contribution < 1.29 is 9.59 Å². The second kappa shape index (κ2) is 4.65. The van der Waals surface area contributed by atoms with Gasteiger partial charge in [-0.2, -0.15) is 0 Å². The third kappa shape index (κ3) is 2.07. The van der Waals surface area contributed by atoms with Crippen molar-refractivity contribution in [2.75, 3.05) is 0 Å². The van der Waals surface area contributed by atoms with E-state index in [2.05, 4.69) is 11.6 Å². The fourth-order valence-electron chi connectivity index (χ4n) is 2.50. The zero-order valence-corrected chi connectivity index (χ0v) is 9.87. The number of amides is 1. The van der Waals surface area contributed by atoms with Crippen LogP contribution in [0.1, 0.15) is 19.8 Å². The summed E-state index contributed by atoms with van der Waals surface area (Å²) in [5, 5.41) is 0. The third-order valence-electron chi connectivity index (χ3n) is 3.39. The van der Waals surface area contributed by atoms with Gasteiger partial charge in [0, 0.05) is 12.2 Å². The van der Waals surface area contributed by atoms with Crippen molar-refractivity contribution in [3.8, 4) is 0 Å². The van der Waals surface area contributed by atoms with Gasteiger partial charge in [0.15, 0.2) is 0 Å². The average molecular weight is 232 g/mol. The normalized spacial score (nSPS) is 31.5. The van der Waals surface area contributed by atoms with Crippen molar-refractivity contribution in [3.63, 3.8) is 0 Å². The summed E-state index contributed by atoms with van der Waals surface area (Å²) in [6.07, 6.45) is 7.39. The Morgan fingerprint density at radius 1 is 1.47 bits per heavy atom. The number of aliphatic imine (C=N–C) groups is 1. The number of fused-ring (bicyclic) bond motifs is 1. The Morgan fingerprint density at radius 2 is 2.24 bits per heavy atom. The van der Waals surface area contributed by atoms with E-state index in [1.54, 1.807) is 17.1 Å². The number of rotatable bonds is 5. The van der Waals surface area contributed by atoms with Crippen LogP contribution in [0.3, 0.4) is 0 Å². The number of Topliss-reactive ketones (excluding diaryl/α,β-unsaturated/α-hetero) is 1. The Bertz CT molecular complexity index is 412. The van der Waals surface area contributed by atoms with Gasteiger partial charge in [-0.1, -0.05) is 12.7 Å². The molecule has 0 aromatic carbocycles. The summed E-state index contributed by atoms with van der Waals surface area (Å²) in [4.78, 5) is 28.8. The summed E-state index contributed by atoms with van der Waals surface area (Å²) in [7, 11) is 0. The van der Waals surface area contributed by atoms with Gasteiger partial charge in [-0.25, -0.2) is 0 Å². The zero-order valence-electron chi connectivity index (χ0n) is 9.87. The van der Waals surface area contributed by atoms with E-state index in [0.29, 0.717) is 11.6 Å². The van der Waals surface area contributed by atoms with Crippen LogP contribution < -0.4 is 0 Å². The fourth-order valence-corrected chi connectivity index (χ4v) is 2.50. The monoisotopic (exact) mass is 232 g/mol. The first-order valence-electron chi connectivity index (χ1n) is 5.81. The molecule has 1 aliphatic carbocycles. The molecule has 1 saturated heterocycles. The van der Waals surface area contributed by atoms with Crippen LogP contribution >= 0.6 is 0 Å². The molecule has 3 atom stereocenters. The highest BCUT2D eigenvalue weighted by atomic mass is 16.2. The molecule has 2 rings (SSSR count). The van der Waals surface area contributed by atoms with Crippen LogP contribution in [0, 0.1) is 5.92 Å². The average Bonchev–Trinajstić information content (AvgIpc) is 3.00. The second-order valence-corrected chi connectivity index (χ2v) is 4.43. The summed E-state index contributed by atoms with van der Waals surface area (Å²) >= 11 is 0. The van der Waals surface area contributed by atoms with Gasteiger partial charge in [-0.3, -0.25) is 14.6 Å². The Balaban J connectivity index is 2.16. The number of ketones is 1. The zero-order chi connectivity index (χ0) is 12.4. The molecular weight excluding hydrogens is 216 g/mol. The van der Waals surface area contributed by atoms with Crippen LogP contribution in [0.4, 0.5) is 0 Å². The van der Waals surface area contributed by atoms with E-state index in [4.69, 9.17) is 0 Å². The topological polar surface area (TPSA) is 49.7 Å². The van der Waals surface area contributed by atoms with E-state index in [0.717, 1.165) is 19.3 Å². The molecule has 1 saturated carbocycles. The number of likely N-dealkylation sites (tertiary alicyclic amines) is 1. The summed E-state index contributed by atoms with van der Waals surface area (Å²) in [6, 6.07) is -0.0387. The van der Waals surface area contributed by atoms with Gasteiger partial charge in [0.1, 0.15) is 5.71 Å². The molecular formula is C13H16N2O2. The molecule has 0 aromatic heterocycles. The highest BCUT2D eigenvalue weighted by Crippen LogP contribution is 2.47. The van der Waals surface area contributed by atoms with Crippen molar-refractivity contribution in [2.45, 2.75) is 31.8 Å². The summed E-state index contributed by atoms with van der Waals surface area (Å²) in [6.45, 7) is 5.33. The van der Waals surface area contributed by atoms with Gasteiger partial charge < -0.3 is 4.90 Å². The largest absolute Gasteiger partial charge is 0.331 e. The van der Waals surface area contributed by atoms with E-state index in [1.165, 1.54) is 6.20 Å². The number of carbonyl (C=O) groups is 2. The van der Waals surface area contributed by atoms with E-state index in [9.17, 15) is 9.59 Å². The minimum absolute atomic E-state index is 0.0812. The Hall–Kier alpha value is -1.71. The van der Waals surface area contributed by atoms with Crippen molar-refractivity contribution in [1.29, 1.82) is 0 Å². The Kier molecular flexibility index (Phi) is 3.22. The lowest BCUT2D eigenvalue weighted by molar-refractivity contribution is -0.127. The molecule has 0 aromatic rings. The molecule has 0 spiro atoms. The van der Waals surface area contributed by atoms with Gasteiger partial charge in [0.25, 0.3) is 0 Å². The maximum Gasteiger partial charge on any atom is 0.210 e. The molecule has 17 heavy (non-hydrogen) atoms. The van der Waals surface area contributed by atoms with Crippen LogP contribution in [0.2, 0.25) is 0 Å². The van der Waals surface area contributed by atoms with Crippen molar-refractivity contribution in [2.24, 2.45) is 10.9 Å². The van der Waals surface area contributed by atoms with E-state index >= 15 is 0 Å². The molecule has 1 heterocycles. The minimum atomic E-state index is -0.328. The third-order valence-corrected chi connectivity index (χ3v) is 3.39. The first-order chi connectivity index (χ1) is 8.22. The van der Waals surface area contributed by atoms with Gasteiger partial charge >= 0.3 is 0 Å². The summed E-state index contributed by atoms with van der Waals surface area (Å²) in [5.41, 5.74) is 0.376. The molecule has 0 radical (unpaired) electrons. The molecule has 4 heteroatoms. The molecule has 1 amide bonds. The first kappa shape index (κ1) is 11.8. The summed E-state index contributed by atoms with van der Waals surface area (Å²) in [5.74, 6) is 0.437. The molecule has 0 N–H and O–H groups in total. The maximum absolute atomic E-state index is 12.2. The van der Waals surface area contributed by atoms with Gasteiger partial charge in [0.2, 0.25) is 12.2 Å². The molecule has 1 aliphatic heterocycles. The fraction of sp³-hybridized carbons (Fsp3) is 0.462. The minimum Gasteiger partial charge on any atom is -0.331 e. The lowest BCUT2D eigenvalue weighted by Crippen LogP contribution is -2.40. The lowest BCUT2D eigenvalue weighted by atomic mass is 10.0. The van der Waals surface area contributed by atoms with Crippen LogP contribution in [0.5, 0.6) is 0 Å². The number of carbonyl (C=O) groups excluding carboxylic acids is 2. The Morgan fingerprint density at radius 3 is 2.82 bits per heavy atom. The van der Waals surface area contributed by atoms with Crippen molar-refractivity contribution in [3.05, 3.63) is 24.9 Å². The quantitative estimate of drug-likeness (QED) is 0.530. The van der Waals surface area contributed by atoms with Crippen LogP contribution in [-0.4, -0.2) is 34.9 Å². The second-order valence-electron chi connectivity index (χ2n) is 4.43. The predicted octanol–water partition coefficient (Wildman–Crippen LogP) is 1.34. The van der Waals surface area contributed by atoms with Gasteiger partial charge in [-0.05, 0) is 31.8 Å². The predicted molar refractivity (Wildman–Crippen MR) is 65.7 cm³/mol. The van der Waals surface area contributed by atoms with E-state index in [-0.39, 0.29) is 17.9 Å². The summed E-state index contributed by atoms with van der Waals surface area (Å²) < 4.78 is 0. The van der Waals surface area contributed by atoms with Gasteiger partial charge in [-0.15, -0.1) is 0 Å². The highest BCUT2D eigenvalue weighted by molar-refractivity contribution is 6.46. The molecule has 90 valence electrons. The number of hydrogen-bond acceptors (Lipinski definition) is 3. The molecule has 2 fully saturated rings. The number of allylic oxidation sites excluding steroid dienone is 2. The van der Waals surface area contributed by atoms with Gasteiger partial charge in [0.05, 0.1) is 6.04 Å². The lowest BCUT2D eigenvalue weighted by Gasteiger charge is -2.21. The highest BCUT2D eigenvalue weighted by Gasteiger charge is 2.53. The molecule has 0 unspecified atom stereocenters. The standard InChI is InChI=1S/C13H16N2O2/c1-3-5-10(14-4-2)13(17)12-7-9-6-11(9)15(12)8-16/h3-5,8-9,11-12H,2,6-7H2,1H3/b5-3-,14-10+/t9-,11-,12+/m1/s1. The van der Waals surface area contributed by atoms with Crippen molar-refractivity contribution >= 4 is 17.9 Å². The Labute approximate surface area is 101 Å². The van der Waals surface area contributed by atoms with Crippen LogP contribution in [-0.2, 0) is 9.59 Å². The number of nitrogens with zero attached hydrogens (tertiary/aromatic N) is 2. The van der Waals surface area contributed by atoms with Crippen LogP contribution in [0.25, 0.3) is 0 Å². The van der Waals surface area contributed by atoms with Crippen LogP contribution in [0.15, 0.2) is 29.9 Å².